The molecule has 64 valence electrons. The van der Waals surface area contributed by atoms with Crippen LogP contribution in [0.2, 0.25) is 0 Å². The second-order valence-electron chi connectivity index (χ2n) is 2.03. The molecule has 0 spiro atoms. The van der Waals surface area contributed by atoms with Gasteiger partial charge in [0, 0.05) is 5.56 Å². The molecule has 13 heavy (non-hydrogen) atoms. The third-order valence-electron chi connectivity index (χ3n) is 1.28. The molecule has 0 amide bonds. The molecule has 0 N–H and O–H groups in total. The molecule has 5 heteroatoms. The molecular weight excluding hydrogens is 199 g/mol. The Kier molecular flexibility index (Phi) is 6.57. The summed E-state index contributed by atoms with van der Waals surface area (Å²) in [5.41, 5.74) is -0.0284. The van der Waals surface area contributed by atoms with Gasteiger partial charge in [0.2, 0.25) is 0 Å². The summed E-state index contributed by atoms with van der Waals surface area (Å²) in [5.74, 6) is -1.15. The Morgan fingerprint density at radius 2 is 2.00 bits per heavy atom. The van der Waals surface area contributed by atoms with E-state index in [0.717, 1.165) is 0 Å². The molecule has 1 aromatic rings. The van der Waals surface area contributed by atoms with Crippen LogP contribution in [0, 0.1) is 0 Å². The Hall–Kier alpha value is 0.0864. The number of carbonyl (C=O) groups is 1. The first kappa shape index (κ1) is 13.1. The van der Waals surface area contributed by atoms with Crippen LogP contribution in [0.1, 0.15) is 10.4 Å². The molecular formula is C8H7KO4. The summed E-state index contributed by atoms with van der Waals surface area (Å²) in [6, 6.07) is 6.08. The molecule has 0 bridgehead atoms. The van der Waals surface area contributed by atoms with Crippen LogP contribution < -0.4 is 61.4 Å². The van der Waals surface area contributed by atoms with Gasteiger partial charge in [-0.1, -0.05) is 12.1 Å². The van der Waals surface area contributed by atoms with Gasteiger partial charge in [-0.2, -0.15) is 4.89 Å². The van der Waals surface area contributed by atoms with Crippen molar-refractivity contribution in [2.24, 2.45) is 0 Å². The summed E-state index contributed by atoms with van der Waals surface area (Å²) in [5, 5.41) is 10.4. The van der Waals surface area contributed by atoms with E-state index in [-0.39, 0.29) is 62.7 Å². The van der Waals surface area contributed by atoms with Gasteiger partial charge >= 0.3 is 51.4 Å². The molecule has 0 radical (unpaired) electrons. The minimum absolute atomic E-state index is 0. The molecule has 0 aliphatic rings. The van der Waals surface area contributed by atoms with E-state index in [1.54, 1.807) is 12.1 Å². The number of rotatable bonds is 3. The molecule has 0 atom stereocenters. The van der Waals surface area contributed by atoms with Crippen LogP contribution in [-0.4, -0.2) is 13.1 Å². The molecule has 4 nitrogen and oxygen atoms in total. The van der Waals surface area contributed by atoms with Crippen LogP contribution in [-0.2, 0) is 4.89 Å². The first-order chi connectivity index (χ1) is 5.75. The Morgan fingerprint density at radius 3 is 2.54 bits per heavy atom. The van der Waals surface area contributed by atoms with Gasteiger partial charge in [-0.3, -0.25) is 0 Å². The van der Waals surface area contributed by atoms with Gasteiger partial charge < -0.3 is 14.8 Å². The second-order valence-corrected chi connectivity index (χ2v) is 2.03. The maximum Gasteiger partial charge on any atom is 1.00 e. The van der Waals surface area contributed by atoms with E-state index in [2.05, 4.69) is 9.78 Å². The van der Waals surface area contributed by atoms with Crippen LogP contribution in [0.15, 0.2) is 24.3 Å². The summed E-state index contributed by atoms with van der Waals surface area (Å²) in [6.07, 6.45) is 0. The van der Waals surface area contributed by atoms with Crippen molar-refractivity contribution in [3.63, 3.8) is 0 Å². The van der Waals surface area contributed by atoms with Gasteiger partial charge in [-0.15, -0.1) is 0 Å². The predicted molar refractivity (Wildman–Crippen MR) is 38.4 cm³/mol. The fourth-order valence-electron chi connectivity index (χ4n) is 0.798. The van der Waals surface area contributed by atoms with Crippen molar-refractivity contribution in [1.29, 1.82) is 0 Å². The monoisotopic (exact) mass is 206 g/mol. The number of carboxylic acids is 1. The molecule has 0 fully saturated rings. The van der Waals surface area contributed by atoms with Gasteiger partial charge in [0.1, 0.15) is 0 Å². The fraction of sp³-hybridized carbons (Fsp3) is 0.125. The zero-order valence-corrected chi connectivity index (χ0v) is 10.6. The van der Waals surface area contributed by atoms with Gasteiger partial charge in [0.15, 0.2) is 5.75 Å². The van der Waals surface area contributed by atoms with E-state index < -0.39 is 5.97 Å². The van der Waals surface area contributed by atoms with Crippen LogP contribution in [0.4, 0.5) is 0 Å². The summed E-state index contributed by atoms with van der Waals surface area (Å²) in [6.45, 7) is 0. The quantitative estimate of drug-likeness (QED) is 0.300. The summed E-state index contributed by atoms with van der Waals surface area (Å²) in [4.78, 5) is 19.4. The van der Waals surface area contributed by atoms with Gasteiger partial charge in [-0.05, 0) is 12.1 Å². The van der Waals surface area contributed by atoms with Crippen molar-refractivity contribution in [3.8, 4) is 5.75 Å². The molecule has 0 saturated carbocycles. The largest absolute Gasteiger partial charge is 1.00 e. The molecule has 0 heterocycles. The average molecular weight is 206 g/mol. The molecule has 0 aliphatic heterocycles. The Bertz CT molecular complexity index is 287. The first-order valence-corrected chi connectivity index (χ1v) is 3.26. The van der Waals surface area contributed by atoms with Crippen molar-refractivity contribution >= 4 is 5.97 Å². The van der Waals surface area contributed by atoms with Crippen LogP contribution in [0.3, 0.4) is 0 Å². The maximum absolute atomic E-state index is 10.4. The van der Waals surface area contributed by atoms with Crippen LogP contribution in [0.25, 0.3) is 0 Å². The average Bonchev–Trinajstić information content (AvgIpc) is 2.05. The van der Waals surface area contributed by atoms with Crippen LogP contribution >= 0.6 is 0 Å². The van der Waals surface area contributed by atoms with Gasteiger partial charge in [0.05, 0.1) is 13.1 Å². The third kappa shape index (κ3) is 3.76. The SMILES string of the molecule is COOc1ccccc1C(=O)[O-].[K+]. The van der Waals surface area contributed by atoms with Gasteiger partial charge in [0.25, 0.3) is 0 Å². The first-order valence-electron chi connectivity index (χ1n) is 3.26. The van der Waals surface area contributed by atoms with E-state index in [1.165, 1.54) is 19.2 Å². The maximum atomic E-state index is 10.4. The minimum Gasteiger partial charge on any atom is -0.545 e. The van der Waals surface area contributed by atoms with E-state index in [4.69, 9.17) is 0 Å². The van der Waals surface area contributed by atoms with E-state index in [9.17, 15) is 9.90 Å². The van der Waals surface area contributed by atoms with Crippen molar-refractivity contribution < 1.29 is 71.1 Å². The number of aromatic carboxylic acids is 1. The standard InChI is InChI=1S/C8H8O4.K/c1-11-12-7-5-3-2-4-6(7)8(9)10;/h2-5H,1H3,(H,9,10);/q;+1/p-1. The number of hydrogen-bond donors (Lipinski definition) is 0. The van der Waals surface area contributed by atoms with Gasteiger partial charge in [-0.25, -0.2) is 0 Å². The van der Waals surface area contributed by atoms with E-state index in [1.807, 2.05) is 0 Å². The van der Waals surface area contributed by atoms with Crippen molar-refractivity contribution in [2.75, 3.05) is 7.11 Å². The fourth-order valence-corrected chi connectivity index (χ4v) is 0.798. The minimum atomic E-state index is -1.29. The molecule has 0 unspecified atom stereocenters. The smallest absolute Gasteiger partial charge is 0.545 e. The molecule has 1 aromatic carbocycles. The Morgan fingerprint density at radius 1 is 1.38 bits per heavy atom. The molecule has 0 aliphatic carbocycles. The van der Waals surface area contributed by atoms with Crippen LogP contribution in [0.5, 0.6) is 5.75 Å². The third-order valence-corrected chi connectivity index (χ3v) is 1.28. The molecule has 1 rings (SSSR count). The molecule has 0 aromatic heterocycles. The number of benzene rings is 1. The summed E-state index contributed by atoms with van der Waals surface area (Å²) < 4.78 is 0. The van der Waals surface area contributed by atoms with Crippen molar-refractivity contribution in [2.45, 2.75) is 0 Å². The number of carbonyl (C=O) groups excluding carboxylic acids is 1. The predicted octanol–water partition coefficient (Wildman–Crippen LogP) is -3.01. The Balaban J connectivity index is 0.00000144. The summed E-state index contributed by atoms with van der Waals surface area (Å²) in [7, 11) is 1.30. The second kappa shape index (κ2) is 6.53. The summed E-state index contributed by atoms with van der Waals surface area (Å²) >= 11 is 0. The molecule has 0 saturated heterocycles. The number of para-hydroxylation sites is 1. The normalized spacial score (nSPS) is 8.69. The zero-order chi connectivity index (χ0) is 8.97. The number of hydrogen-bond acceptors (Lipinski definition) is 4. The van der Waals surface area contributed by atoms with Crippen molar-refractivity contribution in [3.05, 3.63) is 29.8 Å². The zero-order valence-electron chi connectivity index (χ0n) is 7.44. The topological polar surface area (TPSA) is 58.6 Å². The van der Waals surface area contributed by atoms with E-state index >= 15 is 0 Å². The number of carboxylic acid groups (broad SMARTS) is 1. The van der Waals surface area contributed by atoms with Crippen molar-refractivity contribution in [1.82, 2.24) is 0 Å². The van der Waals surface area contributed by atoms with E-state index in [0.29, 0.717) is 0 Å². The Labute approximate surface area is 118 Å².